The van der Waals surface area contributed by atoms with Crippen LogP contribution in [0.3, 0.4) is 0 Å². The lowest BCUT2D eigenvalue weighted by Crippen LogP contribution is -2.65. The van der Waals surface area contributed by atoms with Crippen molar-refractivity contribution in [3.63, 3.8) is 0 Å². The second-order valence-electron chi connectivity index (χ2n) is 4.07. The average molecular weight is 173 g/mol. The molecule has 4 nitrogen and oxygen atoms in total. The van der Waals surface area contributed by atoms with Crippen LogP contribution in [0.5, 0.6) is 0 Å². The smallest absolute Gasteiger partial charge is 0.0950 e. The van der Waals surface area contributed by atoms with E-state index in [1.165, 1.54) is 0 Å². The quantitative estimate of drug-likeness (QED) is 0.523. The Hall–Kier alpha value is -0.160. The number of ether oxygens (including phenoxy) is 1. The molecule has 0 aromatic carbocycles. The van der Waals surface area contributed by atoms with Gasteiger partial charge in [0.05, 0.1) is 31.0 Å². The summed E-state index contributed by atoms with van der Waals surface area (Å²) in [5.41, 5.74) is -0.553. The Kier molecular flexibility index (Phi) is 1.88. The third kappa shape index (κ3) is 1.35. The molecule has 0 aromatic rings. The molecule has 0 aliphatic carbocycles. The lowest BCUT2D eigenvalue weighted by Gasteiger charge is -2.47. The van der Waals surface area contributed by atoms with Crippen molar-refractivity contribution >= 4 is 0 Å². The van der Waals surface area contributed by atoms with Crippen LogP contribution in [0.2, 0.25) is 0 Å². The molecule has 2 fully saturated rings. The van der Waals surface area contributed by atoms with E-state index in [1.807, 2.05) is 6.92 Å². The third-order valence-corrected chi connectivity index (χ3v) is 2.58. The number of aliphatic hydroxyl groups excluding tert-OH is 1. The van der Waals surface area contributed by atoms with Crippen molar-refractivity contribution in [3.05, 3.63) is 0 Å². The molecule has 2 aliphatic rings. The summed E-state index contributed by atoms with van der Waals surface area (Å²) in [6, 6.07) is 0.102. The van der Waals surface area contributed by atoms with Crippen LogP contribution in [0.1, 0.15) is 6.92 Å². The lowest BCUT2D eigenvalue weighted by molar-refractivity contribution is -0.114. The maximum Gasteiger partial charge on any atom is 0.0950 e. The van der Waals surface area contributed by atoms with Gasteiger partial charge in [0.2, 0.25) is 0 Å². The highest BCUT2D eigenvalue weighted by atomic mass is 16.5. The number of β-amino-alcohol motifs (C(OH)–C–C–N with tert-alkyl or cyclic N) is 1. The van der Waals surface area contributed by atoms with Crippen LogP contribution in [0.25, 0.3) is 0 Å². The van der Waals surface area contributed by atoms with E-state index in [0.717, 1.165) is 0 Å². The number of hydrogen-bond acceptors (Lipinski definition) is 4. The van der Waals surface area contributed by atoms with Gasteiger partial charge in [-0.2, -0.15) is 0 Å². The number of hydrogen-bond donors (Lipinski definition) is 2. The molecule has 2 rings (SSSR count). The standard InChI is InChI=1S/C8H15NO3/c1-8(11)4-9(5-8)6-2-12-3-7(6)10/h6-7,10-11H,2-5H2,1H3/t6-,7-/m1/s1. The molecule has 2 aliphatic heterocycles. The Morgan fingerprint density at radius 1 is 1.42 bits per heavy atom. The first-order chi connectivity index (χ1) is 5.58. The molecule has 0 aromatic heterocycles. The van der Waals surface area contributed by atoms with Gasteiger partial charge >= 0.3 is 0 Å². The molecular formula is C8H15NO3. The van der Waals surface area contributed by atoms with Crippen molar-refractivity contribution in [2.75, 3.05) is 26.3 Å². The minimum atomic E-state index is -0.553. The molecule has 0 amide bonds. The van der Waals surface area contributed by atoms with Gasteiger partial charge < -0.3 is 14.9 Å². The van der Waals surface area contributed by atoms with E-state index in [1.54, 1.807) is 0 Å². The molecule has 2 atom stereocenters. The SMILES string of the molecule is CC1(O)CN([C@@H]2COC[C@H]2O)C1. The molecule has 2 heterocycles. The average Bonchev–Trinajstić information content (AvgIpc) is 2.30. The van der Waals surface area contributed by atoms with Crippen molar-refractivity contribution in [1.29, 1.82) is 0 Å². The lowest BCUT2D eigenvalue weighted by atomic mass is 9.94. The number of aliphatic hydroxyl groups is 2. The number of likely N-dealkylation sites (tertiary alicyclic amines) is 1. The second-order valence-corrected chi connectivity index (χ2v) is 4.07. The maximum atomic E-state index is 9.47. The van der Waals surface area contributed by atoms with E-state index in [4.69, 9.17) is 4.74 Å². The monoisotopic (exact) mass is 173 g/mol. The predicted molar refractivity (Wildman–Crippen MR) is 42.8 cm³/mol. The van der Waals surface area contributed by atoms with Crippen LogP contribution in [-0.2, 0) is 4.74 Å². The van der Waals surface area contributed by atoms with Crippen LogP contribution in [0.15, 0.2) is 0 Å². The molecule has 70 valence electrons. The maximum absolute atomic E-state index is 9.47. The van der Waals surface area contributed by atoms with Crippen LogP contribution < -0.4 is 0 Å². The molecule has 2 N–H and O–H groups in total. The fourth-order valence-corrected chi connectivity index (χ4v) is 1.94. The van der Waals surface area contributed by atoms with Gasteiger partial charge in [-0.15, -0.1) is 0 Å². The zero-order chi connectivity index (χ0) is 8.77. The summed E-state index contributed by atoms with van der Waals surface area (Å²) in [4.78, 5) is 2.07. The van der Waals surface area contributed by atoms with Gasteiger partial charge in [-0.05, 0) is 6.92 Å². The Balaban J connectivity index is 1.87. The Bertz CT molecular complexity index is 175. The van der Waals surface area contributed by atoms with Crippen LogP contribution >= 0.6 is 0 Å². The summed E-state index contributed by atoms with van der Waals surface area (Å²) in [5.74, 6) is 0. The van der Waals surface area contributed by atoms with Crippen molar-refractivity contribution in [2.24, 2.45) is 0 Å². The van der Waals surface area contributed by atoms with Gasteiger partial charge in [0.15, 0.2) is 0 Å². The van der Waals surface area contributed by atoms with Crippen molar-refractivity contribution in [1.82, 2.24) is 4.90 Å². The highest BCUT2D eigenvalue weighted by Crippen LogP contribution is 2.25. The molecular weight excluding hydrogens is 158 g/mol. The Morgan fingerprint density at radius 3 is 2.50 bits per heavy atom. The van der Waals surface area contributed by atoms with Gasteiger partial charge in [-0.1, -0.05) is 0 Å². The van der Waals surface area contributed by atoms with Gasteiger partial charge in [-0.25, -0.2) is 0 Å². The van der Waals surface area contributed by atoms with Crippen molar-refractivity contribution in [3.8, 4) is 0 Å². The van der Waals surface area contributed by atoms with Crippen LogP contribution in [0.4, 0.5) is 0 Å². The first-order valence-electron chi connectivity index (χ1n) is 4.31. The Morgan fingerprint density at radius 2 is 2.08 bits per heavy atom. The molecule has 0 saturated carbocycles. The van der Waals surface area contributed by atoms with E-state index in [9.17, 15) is 10.2 Å². The predicted octanol–water partition coefficient (Wildman–Crippen LogP) is -1.19. The summed E-state index contributed by atoms with van der Waals surface area (Å²) >= 11 is 0. The van der Waals surface area contributed by atoms with E-state index < -0.39 is 5.60 Å². The number of rotatable bonds is 1. The topological polar surface area (TPSA) is 52.9 Å². The summed E-state index contributed by atoms with van der Waals surface area (Å²) in [7, 11) is 0. The van der Waals surface area contributed by atoms with E-state index in [0.29, 0.717) is 26.3 Å². The van der Waals surface area contributed by atoms with Gasteiger partial charge in [0.1, 0.15) is 0 Å². The third-order valence-electron chi connectivity index (χ3n) is 2.58. The van der Waals surface area contributed by atoms with Crippen molar-refractivity contribution in [2.45, 2.75) is 24.7 Å². The van der Waals surface area contributed by atoms with E-state index >= 15 is 0 Å². The van der Waals surface area contributed by atoms with Crippen LogP contribution in [-0.4, -0.2) is 59.2 Å². The zero-order valence-corrected chi connectivity index (χ0v) is 7.23. The molecule has 0 radical (unpaired) electrons. The van der Waals surface area contributed by atoms with E-state index in [-0.39, 0.29) is 12.1 Å². The zero-order valence-electron chi connectivity index (χ0n) is 7.23. The summed E-state index contributed by atoms with van der Waals surface area (Å²) in [6.45, 7) is 4.14. The summed E-state index contributed by atoms with van der Waals surface area (Å²) in [5, 5.41) is 18.9. The van der Waals surface area contributed by atoms with Crippen molar-refractivity contribution < 1.29 is 14.9 Å². The molecule has 4 heteroatoms. The van der Waals surface area contributed by atoms with Crippen LogP contribution in [0, 0.1) is 0 Å². The first kappa shape index (κ1) is 8.44. The minimum absolute atomic E-state index is 0.102. The largest absolute Gasteiger partial charge is 0.389 e. The van der Waals surface area contributed by atoms with Gasteiger partial charge in [-0.3, -0.25) is 4.90 Å². The second kappa shape index (κ2) is 2.67. The first-order valence-corrected chi connectivity index (χ1v) is 4.31. The normalized spacial score (nSPS) is 41.2. The minimum Gasteiger partial charge on any atom is -0.389 e. The van der Waals surface area contributed by atoms with E-state index in [2.05, 4.69) is 4.90 Å². The molecule has 2 saturated heterocycles. The molecule has 0 unspecified atom stereocenters. The van der Waals surface area contributed by atoms with Gasteiger partial charge in [0, 0.05) is 13.1 Å². The highest BCUT2D eigenvalue weighted by molar-refractivity contribution is 4.98. The molecule has 0 spiro atoms. The summed E-state index contributed by atoms with van der Waals surface area (Å²) < 4.78 is 5.12. The fraction of sp³-hybridized carbons (Fsp3) is 1.00. The summed E-state index contributed by atoms with van der Waals surface area (Å²) in [6.07, 6.45) is -0.374. The highest BCUT2D eigenvalue weighted by Gasteiger charge is 2.44. The fourth-order valence-electron chi connectivity index (χ4n) is 1.94. The molecule has 0 bridgehead atoms. The Labute approximate surface area is 71.7 Å². The number of nitrogens with zero attached hydrogens (tertiary/aromatic N) is 1. The molecule has 12 heavy (non-hydrogen) atoms. The van der Waals surface area contributed by atoms with Gasteiger partial charge in [0.25, 0.3) is 0 Å².